The molecule has 2 saturated heterocycles. The van der Waals surface area contributed by atoms with Crippen LogP contribution in [0.15, 0.2) is 35.9 Å². The molecule has 0 spiro atoms. The van der Waals surface area contributed by atoms with E-state index in [1.165, 1.54) is 91.9 Å². The van der Waals surface area contributed by atoms with Crippen LogP contribution in [-0.4, -0.2) is 67.6 Å². The van der Waals surface area contributed by atoms with Gasteiger partial charge in [-0.1, -0.05) is 30.2 Å². The maximum Gasteiger partial charge on any atom is 0.0780 e. The summed E-state index contributed by atoms with van der Waals surface area (Å²) in [5, 5.41) is 0. The van der Waals surface area contributed by atoms with E-state index in [9.17, 15) is 0 Å². The zero-order valence-electron chi connectivity index (χ0n) is 20.2. The summed E-state index contributed by atoms with van der Waals surface area (Å²) >= 11 is 0. The maximum atomic E-state index is 5.24. The molecule has 0 amide bonds. The molecule has 0 bridgehead atoms. The van der Waals surface area contributed by atoms with E-state index in [0.29, 0.717) is 5.92 Å². The van der Waals surface area contributed by atoms with Crippen LogP contribution in [0.3, 0.4) is 0 Å². The van der Waals surface area contributed by atoms with Gasteiger partial charge < -0.3 is 14.7 Å². The number of piperazine rings is 1. The lowest BCUT2D eigenvalue weighted by Gasteiger charge is -2.34. The minimum absolute atomic E-state index is 0.691. The molecule has 1 aromatic carbocycles. The van der Waals surface area contributed by atoms with Crippen LogP contribution in [0.2, 0.25) is 0 Å². The zero-order valence-corrected chi connectivity index (χ0v) is 20.2. The normalized spacial score (nSPS) is 21.8. The topological polar surface area (TPSA) is 22.6 Å². The van der Waals surface area contributed by atoms with Crippen LogP contribution in [0, 0.1) is 0 Å². The van der Waals surface area contributed by atoms with Gasteiger partial charge in [0.2, 0.25) is 0 Å². The first-order valence-electron chi connectivity index (χ1n) is 13.2. The molecular formula is C29H38N4. The van der Waals surface area contributed by atoms with Crippen LogP contribution >= 0.6 is 0 Å². The van der Waals surface area contributed by atoms with Crippen molar-refractivity contribution in [2.75, 3.05) is 57.8 Å². The Bertz CT molecular complexity index is 1010. The van der Waals surface area contributed by atoms with Gasteiger partial charge in [0.1, 0.15) is 0 Å². The number of anilines is 1. The minimum Gasteiger partial charge on any atom is -0.369 e. The molecule has 1 saturated carbocycles. The summed E-state index contributed by atoms with van der Waals surface area (Å²) in [6.45, 7) is 8.32. The Kier molecular flexibility index (Phi) is 5.98. The predicted octanol–water partition coefficient (Wildman–Crippen LogP) is 5.19. The van der Waals surface area contributed by atoms with E-state index in [0.717, 1.165) is 32.6 Å². The van der Waals surface area contributed by atoms with Crippen molar-refractivity contribution in [2.24, 2.45) is 0 Å². The number of likely N-dealkylation sites (N-methyl/N-ethyl adjacent to an activating group) is 1. The van der Waals surface area contributed by atoms with Gasteiger partial charge in [-0.15, -0.1) is 0 Å². The molecule has 2 aliphatic heterocycles. The van der Waals surface area contributed by atoms with Gasteiger partial charge in [0.25, 0.3) is 0 Å². The number of nitrogens with zero attached hydrogens (tertiary/aromatic N) is 4. The minimum atomic E-state index is 0.691. The highest BCUT2D eigenvalue weighted by molar-refractivity contribution is 5.79. The Balaban J connectivity index is 1.23. The molecule has 6 rings (SSSR count). The Hall–Kier alpha value is -2.17. The van der Waals surface area contributed by atoms with E-state index in [4.69, 9.17) is 4.98 Å². The molecule has 3 heterocycles. The fraction of sp³-hybridized carbons (Fsp3) is 0.552. The summed E-state index contributed by atoms with van der Waals surface area (Å²) in [6, 6.07) is 11.7. The Morgan fingerprint density at radius 3 is 2.39 bits per heavy atom. The first-order chi connectivity index (χ1) is 16.2. The summed E-state index contributed by atoms with van der Waals surface area (Å²) in [5.41, 5.74) is 9.67. The number of hydrogen-bond donors (Lipinski definition) is 0. The number of hydrogen-bond acceptors (Lipinski definition) is 4. The zero-order chi connectivity index (χ0) is 22.2. The number of pyridine rings is 1. The molecule has 4 nitrogen and oxygen atoms in total. The molecule has 2 aliphatic carbocycles. The number of piperidine rings is 1. The molecule has 4 aliphatic rings. The molecule has 174 valence electrons. The number of benzene rings is 1. The average molecular weight is 443 g/mol. The number of aromatic nitrogens is 1. The highest BCUT2D eigenvalue weighted by Gasteiger charge is 2.28. The van der Waals surface area contributed by atoms with Gasteiger partial charge in [0.15, 0.2) is 0 Å². The van der Waals surface area contributed by atoms with Crippen LogP contribution in [0.4, 0.5) is 5.69 Å². The summed E-state index contributed by atoms with van der Waals surface area (Å²) in [5.74, 6) is 0.691. The van der Waals surface area contributed by atoms with Crippen LogP contribution in [0.1, 0.15) is 61.3 Å². The van der Waals surface area contributed by atoms with Gasteiger partial charge in [0.05, 0.1) is 5.69 Å². The largest absolute Gasteiger partial charge is 0.369 e. The molecule has 2 aromatic rings. The van der Waals surface area contributed by atoms with Crippen molar-refractivity contribution in [3.63, 3.8) is 0 Å². The first kappa shape index (κ1) is 21.4. The van der Waals surface area contributed by atoms with Crippen LogP contribution in [-0.2, 0) is 6.42 Å². The van der Waals surface area contributed by atoms with Gasteiger partial charge in [-0.05, 0) is 82.4 Å². The van der Waals surface area contributed by atoms with Crippen LogP contribution < -0.4 is 4.90 Å². The monoisotopic (exact) mass is 442 g/mol. The second-order valence-electron chi connectivity index (χ2n) is 10.7. The third-order valence-corrected chi connectivity index (χ3v) is 8.13. The van der Waals surface area contributed by atoms with Gasteiger partial charge in [0, 0.05) is 61.1 Å². The van der Waals surface area contributed by atoms with E-state index in [1.807, 2.05) is 0 Å². The van der Waals surface area contributed by atoms with Gasteiger partial charge in [-0.25, -0.2) is 0 Å². The SMILES string of the molecule is CN1CCN(c2ccc(-c3nc(C4CC4)cc4c3C=C(CCN3CCCCC3)C4)cc2)CC1. The van der Waals surface area contributed by atoms with Crippen molar-refractivity contribution < 1.29 is 0 Å². The lowest BCUT2D eigenvalue weighted by atomic mass is 10.0. The fourth-order valence-electron chi connectivity index (χ4n) is 5.79. The highest BCUT2D eigenvalue weighted by Crippen LogP contribution is 2.43. The van der Waals surface area contributed by atoms with E-state index < -0.39 is 0 Å². The number of likely N-dealkylation sites (tertiary alicyclic amines) is 1. The van der Waals surface area contributed by atoms with Gasteiger partial charge in [-0.3, -0.25) is 4.98 Å². The van der Waals surface area contributed by atoms with Crippen molar-refractivity contribution in [2.45, 2.75) is 50.9 Å². The molecule has 3 fully saturated rings. The van der Waals surface area contributed by atoms with Crippen LogP contribution in [0.5, 0.6) is 0 Å². The van der Waals surface area contributed by atoms with Gasteiger partial charge in [-0.2, -0.15) is 0 Å². The van der Waals surface area contributed by atoms with E-state index >= 15 is 0 Å². The molecule has 33 heavy (non-hydrogen) atoms. The van der Waals surface area contributed by atoms with E-state index in [1.54, 1.807) is 5.57 Å². The maximum absolute atomic E-state index is 5.24. The lowest BCUT2D eigenvalue weighted by Crippen LogP contribution is -2.44. The van der Waals surface area contributed by atoms with Crippen LogP contribution in [0.25, 0.3) is 17.3 Å². The van der Waals surface area contributed by atoms with Crippen molar-refractivity contribution in [1.82, 2.24) is 14.8 Å². The van der Waals surface area contributed by atoms with Crippen molar-refractivity contribution in [1.29, 1.82) is 0 Å². The standard InChI is InChI=1S/C29H38N4/c1-31-15-17-33(18-16-31)26-9-7-24(8-10-26)29-27-20-22(11-14-32-12-3-2-4-13-32)19-25(27)21-28(30-29)23-5-6-23/h7-10,20-21,23H,2-6,11-19H2,1H3. The van der Waals surface area contributed by atoms with E-state index in [2.05, 4.69) is 58.2 Å². The highest BCUT2D eigenvalue weighted by atomic mass is 15.2. The second-order valence-corrected chi connectivity index (χ2v) is 10.7. The molecule has 4 heteroatoms. The fourth-order valence-corrected chi connectivity index (χ4v) is 5.79. The van der Waals surface area contributed by atoms with Gasteiger partial charge >= 0.3 is 0 Å². The summed E-state index contributed by atoms with van der Waals surface area (Å²) in [4.78, 5) is 12.8. The lowest BCUT2D eigenvalue weighted by molar-refractivity contribution is 0.231. The smallest absolute Gasteiger partial charge is 0.0780 e. The third kappa shape index (κ3) is 4.74. The van der Waals surface area contributed by atoms with E-state index in [-0.39, 0.29) is 0 Å². The molecule has 0 unspecified atom stereocenters. The molecule has 0 N–H and O–H groups in total. The molecule has 1 aromatic heterocycles. The summed E-state index contributed by atoms with van der Waals surface area (Å²) in [7, 11) is 2.22. The van der Waals surface area contributed by atoms with Crippen molar-refractivity contribution >= 4 is 11.8 Å². The number of rotatable bonds is 6. The third-order valence-electron chi connectivity index (χ3n) is 8.13. The first-order valence-corrected chi connectivity index (χ1v) is 13.2. The predicted molar refractivity (Wildman–Crippen MR) is 138 cm³/mol. The van der Waals surface area contributed by atoms with Crippen molar-refractivity contribution in [3.8, 4) is 11.3 Å². The summed E-state index contributed by atoms with van der Waals surface area (Å²) < 4.78 is 0. The Labute approximate surface area is 199 Å². The molecular weight excluding hydrogens is 404 g/mol. The molecule has 0 atom stereocenters. The average Bonchev–Trinajstić information content (AvgIpc) is 3.63. The Morgan fingerprint density at radius 1 is 0.909 bits per heavy atom. The second kappa shape index (κ2) is 9.23. The quantitative estimate of drug-likeness (QED) is 0.614. The number of fused-ring (bicyclic) bond motifs is 1. The van der Waals surface area contributed by atoms with Crippen molar-refractivity contribution in [3.05, 3.63) is 52.7 Å². The molecule has 0 radical (unpaired) electrons. The Morgan fingerprint density at radius 2 is 1.67 bits per heavy atom. The summed E-state index contributed by atoms with van der Waals surface area (Å²) in [6.07, 6.45) is 11.6.